The van der Waals surface area contributed by atoms with E-state index in [9.17, 15) is 4.79 Å². The third-order valence-corrected chi connectivity index (χ3v) is 3.24. The topological polar surface area (TPSA) is 65.5 Å². The first-order valence-corrected chi connectivity index (χ1v) is 6.96. The molecule has 0 aliphatic carbocycles. The van der Waals surface area contributed by atoms with E-state index in [1.807, 2.05) is 24.3 Å². The number of nitrogens with one attached hydrogen (secondary N) is 1. The molecule has 21 heavy (non-hydrogen) atoms. The Bertz CT molecular complexity index is 607. The van der Waals surface area contributed by atoms with Crippen LogP contribution in [0.3, 0.4) is 0 Å². The summed E-state index contributed by atoms with van der Waals surface area (Å²) in [7, 11) is 0. The fraction of sp³-hybridized carbons (Fsp3) is 0.250. The van der Waals surface area contributed by atoms with Gasteiger partial charge in [-0.1, -0.05) is 6.07 Å². The average Bonchev–Trinajstić information content (AvgIpc) is 2.50. The van der Waals surface area contributed by atoms with Crippen molar-refractivity contribution in [1.82, 2.24) is 4.98 Å². The SMILES string of the molecule is CCN(CC)c1ccc(Nc2cccc(C(=O)O)n2)cc1. The van der Waals surface area contributed by atoms with Crippen LogP contribution >= 0.6 is 0 Å². The second-order valence-corrected chi connectivity index (χ2v) is 4.56. The summed E-state index contributed by atoms with van der Waals surface area (Å²) in [5.41, 5.74) is 2.07. The summed E-state index contributed by atoms with van der Waals surface area (Å²) < 4.78 is 0. The van der Waals surface area contributed by atoms with Crippen LogP contribution < -0.4 is 10.2 Å². The highest BCUT2D eigenvalue weighted by molar-refractivity contribution is 5.85. The predicted molar refractivity (Wildman–Crippen MR) is 84.5 cm³/mol. The lowest BCUT2D eigenvalue weighted by Gasteiger charge is -2.21. The molecule has 0 bridgehead atoms. The molecule has 1 heterocycles. The van der Waals surface area contributed by atoms with E-state index in [-0.39, 0.29) is 5.69 Å². The molecule has 0 saturated carbocycles. The summed E-state index contributed by atoms with van der Waals surface area (Å²) in [6.45, 7) is 6.17. The first kappa shape index (κ1) is 14.8. The lowest BCUT2D eigenvalue weighted by molar-refractivity contribution is 0.0690. The number of anilines is 3. The fourth-order valence-corrected chi connectivity index (χ4v) is 2.12. The zero-order valence-corrected chi connectivity index (χ0v) is 12.2. The summed E-state index contributed by atoms with van der Waals surface area (Å²) in [6, 6.07) is 12.9. The first-order chi connectivity index (χ1) is 10.1. The molecule has 0 aliphatic heterocycles. The maximum absolute atomic E-state index is 10.9. The number of carboxylic acid groups (broad SMARTS) is 1. The molecule has 2 rings (SSSR count). The van der Waals surface area contributed by atoms with Gasteiger partial charge in [-0.15, -0.1) is 0 Å². The van der Waals surface area contributed by atoms with Gasteiger partial charge < -0.3 is 15.3 Å². The van der Waals surface area contributed by atoms with E-state index in [0.717, 1.165) is 24.5 Å². The van der Waals surface area contributed by atoms with Crippen LogP contribution in [0.25, 0.3) is 0 Å². The fourth-order valence-electron chi connectivity index (χ4n) is 2.12. The van der Waals surface area contributed by atoms with Gasteiger partial charge in [-0.2, -0.15) is 0 Å². The quantitative estimate of drug-likeness (QED) is 0.852. The minimum atomic E-state index is -1.03. The van der Waals surface area contributed by atoms with E-state index in [0.29, 0.717) is 5.82 Å². The maximum Gasteiger partial charge on any atom is 0.354 e. The summed E-state index contributed by atoms with van der Waals surface area (Å²) in [6.07, 6.45) is 0. The summed E-state index contributed by atoms with van der Waals surface area (Å²) in [4.78, 5) is 17.2. The van der Waals surface area contributed by atoms with Crippen molar-refractivity contribution in [2.45, 2.75) is 13.8 Å². The van der Waals surface area contributed by atoms with Gasteiger partial charge in [0.1, 0.15) is 5.82 Å². The molecule has 2 N–H and O–H groups in total. The Hall–Kier alpha value is -2.56. The zero-order chi connectivity index (χ0) is 15.2. The Labute approximate surface area is 124 Å². The molecule has 0 unspecified atom stereocenters. The predicted octanol–water partition coefficient (Wildman–Crippen LogP) is 3.37. The largest absolute Gasteiger partial charge is 0.477 e. The Morgan fingerprint density at radius 3 is 2.38 bits per heavy atom. The molecule has 5 nitrogen and oxygen atoms in total. The van der Waals surface area contributed by atoms with Gasteiger partial charge in [0.05, 0.1) is 0 Å². The molecule has 2 aromatic rings. The molecule has 0 aliphatic rings. The summed E-state index contributed by atoms with van der Waals surface area (Å²) in [5, 5.41) is 12.0. The highest BCUT2D eigenvalue weighted by Crippen LogP contribution is 2.20. The van der Waals surface area contributed by atoms with Crippen LogP contribution in [0.5, 0.6) is 0 Å². The first-order valence-electron chi connectivity index (χ1n) is 6.96. The highest BCUT2D eigenvalue weighted by atomic mass is 16.4. The van der Waals surface area contributed by atoms with E-state index < -0.39 is 5.97 Å². The van der Waals surface area contributed by atoms with Crippen molar-refractivity contribution >= 4 is 23.2 Å². The van der Waals surface area contributed by atoms with Gasteiger partial charge in [0.15, 0.2) is 5.69 Å². The van der Waals surface area contributed by atoms with E-state index in [2.05, 4.69) is 29.0 Å². The summed E-state index contributed by atoms with van der Waals surface area (Å²) >= 11 is 0. The van der Waals surface area contributed by atoms with Crippen molar-refractivity contribution in [2.24, 2.45) is 0 Å². The number of aromatic nitrogens is 1. The third kappa shape index (κ3) is 3.72. The molecular formula is C16H19N3O2. The number of hydrogen-bond acceptors (Lipinski definition) is 4. The van der Waals surface area contributed by atoms with Gasteiger partial charge in [-0.3, -0.25) is 0 Å². The van der Waals surface area contributed by atoms with Gasteiger partial charge in [0.2, 0.25) is 0 Å². The van der Waals surface area contributed by atoms with Gasteiger partial charge >= 0.3 is 5.97 Å². The Balaban J connectivity index is 2.13. The van der Waals surface area contributed by atoms with E-state index in [4.69, 9.17) is 5.11 Å². The molecule has 5 heteroatoms. The van der Waals surface area contributed by atoms with Crippen LogP contribution in [-0.2, 0) is 0 Å². The van der Waals surface area contributed by atoms with Crippen LogP contribution in [0.15, 0.2) is 42.5 Å². The lowest BCUT2D eigenvalue weighted by atomic mass is 10.2. The van der Waals surface area contributed by atoms with Gasteiger partial charge in [-0.25, -0.2) is 9.78 Å². The molecule has 1 aromatic heterocycles. The van der Waals surface area contributed by atoms with Crippen LogP contribution in [0, 0.1) is 0 Å². The van der Waals surface area contributed by atoms with Crippen LogP contribution in [0.2, 0.25) is 0 Å². The van der Waals surface area contributed by atoms with E-state index in [1.165, 1.54) is 6.07 Å². The van der Waals surface area contributed by atoms with Crippen molar-refractivity contribution in [1.29, 1.82) is 0 Å². The summed E-state index contributed by atoms with van der Waals surface area (Å²) in [5.74, 6) is -0.513. The Kier molecular flexibility index (Phi) is 4.77. The number of carbonyl (C=O) groups is 1. The monoisotopic (exact) mass is 285 g/mol. The molecule has 0 radical (unpaired) electrons. The highest BCUT2D eigenvalue weighted by Gasteiger charge is 2.06. The smallest absolute Gasteiger partial charge is 0.354 e. The molecule has 110 valence electrons. The number of aromatic carboxylic acids is 1. The third-order valence-electron chi connectivity index (χ3n) is 3.24. The molecule has 1 aromatic carbocycles. The number of nitrogens with zero attached hydrogens (tertiary/aromatic N) is 2. The standard InChI is InChI=1S/C16H19N3O2/c1-3-19(4-2)13-10-8-12(9-11-13)17-15-7-5-6-14(18-15)16(20)21/h5-11H,3-4H2,1-2H3,(H,17,18)(H,20,21). The molecular weight excluding hydrogens is 266 g/mol. The lowest BCUT2D eigenvalue weighted by Crippen LogP contribution is -2.21. The van der Waals surface area contributed by atoms with Crippen molar-refractivity contribution in [3.63, 3.8) is 0 Å². The number of rotatable bonds is 6. The van der Waals surface area contributed by atoms with E-state index in [1.54, 1.807) is 12.1 Å². The van der Waals surface area contributed by atoms with Crippen molar-refractivity contribution in [3.8, 4) is 0 Å². The minimum absolute atomic E-state index is 0.0276. The van der Waals surface area contributed by atoms with Crippen LogP contribution in [0.4, 0.5) is 17.2 Å². The molecule has 0 fully saturated rings. The second kappa shape index (κ2) is 6.74. The maximum atomic E-state index is 10.9. The zero-order valence-electron chi connectivity index (χ0n) is 12.2. The molecule has 0 saturated heterocycles. The van der Waals surface area contributed by atoms with Crippen molar-refractivity contribution in [2.75, 3.05) is 23.3 Å². The molecule has 0 atom stereocenters. The van der Waals surface area contributed by atoms with Gasteiger partial charge in [0.25, 0.3) is 0 Å². The Morgan fingerprint density at radius 1 is 1.14 bits per heavy atom. The van der Waals surface area contributed by atoms with Crippen LogP contribution in [-0.4, -0.2) is 29.1 Å². The molecule has 0 amide bonds. The average molecular weight is 285 g/mol. The number of pyridine rings is 1. The van der Waals surface area contributed by atoms with Crippen molar-refractivity contribution in [3.05, 3.63) is 48.2 Å². The number of carboxylic acids is 1. The molecule has 0 spiro atoms. The van der Waals surface area contributed by atoms with Gasteiger partial charge in [0, 0.05) is 24.5 Å². The minimum Gasteiger partial charge on any atom is -0.477 e. The number of benzene rings is 1. The van der Waals surface area contributed by atoms with E-state index >= 15 is 0 Å². The van der Waals surface area contributed by atoms with Gasteiger partial charge in [-0.05, 0) is 50.2 Å². The Morgan fingerprint density at radius 2 is 1.81 bits per heavy atom. The number of hydrogen-bond donors (Lipinski definition) is 2. The van der Waals surface area contributed by atoms with Crippen LogP contribution in [0.1, 0.15) is 24.3 Å². The second-order valence-electron chi connectivity index (χ2n) is 4.56. The van der Waals surface area contributed by atoms with Crippen molar-refractivity contribution < 1.29 is 9.90 Å². The normalized spacial score (nSPS) is 10.2.